The third-order valence-electron chi connectivity index (χ3n) is 2.93. The molecular formula is C16H17. The number of aryl methyl sites for hydroxylation is 3. The molecule has 0 aliphatic heterocycles. The Labute approximate surface area is 97.9 Å². The standard InChI is InChI=1S/C16H17/c1-14-8-5-6-12-16(14)13-7-11-15-9-3-2-4-10-15/h2-6,9-10,12H,7,11,13H2,1H3. The van der Waals surface area contributed by atoms with Crippen molar-refractivity contribution >= 4 is 0 Å². The summed E-state index contributed by atoms with van der Waals surface area (Å²) in [6.45, 7) is 2.14. The summed E-state index contributed by atoms with van der Waals surface area (Å²) in [6, 6.07) is 20.2. The molecule has 0 aliphatic rings. The monoisotopic (exact) mass is 209 g/mol. The van der Waals surface area contributed by atoms with Gasteiger partial charge in [-0.3, -0.25) is 0 Å². The quantitative estimate of drug-likeness (QED) is 0.714. The second-order valence-corrected chi connectivity index (χ2v) is 4.16. The minimum atomic E-state index is 1.15. The fourth-order valence-corrected chi connectivity index (χ4v) is 1.95. The smallest absolute Gasteiger partial charge is 0.0149 e. The Morgan fingerprint density at radius 1 is 0.938 bits per heavy atom. The summed E-state index contributed by atoms with van der Waals surface area (Å²) >= 11 is 0. The maximum absolute atomic E-state index is 3.25. The lowest BCUT2D eigenvalue weighted by Gasteiger charge is -2.05. The molecule has 0 unspecified atom stereocenters. The molecular weight excluding hydrogens is 192 g/mol. The highest BCUT2D eigenvalue weighted by atomic mass is 14.0. The number of hydrogen-bond acceptors (Lipinski definition) is 0. The number of benzene rings is 2. The Morgan fingerprint density at radius 3 is 2.50 bits per heavy atom. The van der Waals surface area contributed by atoms with Crippen molar-refractivity contribution in [1.29, 1.82) is 0 Å². The Kier molecular flexibility index (Phi) is 3.76. The van der Waals surface area contributed by atoms with Gasteiger partial charge in [-0.05, 0) is 48.9 Å². The number of rotatable bonds is 4. The van der Waals surface area contributed by atoms with Crippen molar-refractivity contribution in [3.05, 3.63) is 71.3 Å². The third kappa shape index (κ3) is 2.96. The lowest BCUT2D eigenvalue weighted by atomic mass is 10.0. The molecule has 0 nitrogen and oxygen atoms in total. The molecule has 81 valence electrons. The van der Waals surface area contributed by atoms with Crippen LogP contribution in [0.1, 0.15) is 23.1 Å². The summed E-state index contributed by atoms with van der Waals surface area (Å²) in [4.78, 5) is 0. The van der Waals surface area contributed by atoms with E-state index in [9.17, 15) is 0 Å². The molecule has 0 bridgehead atoms. The molecule has 0 heterocycles. The van der Waals surface area contributed by atoms with Gasteiger partial charge in [0.25, 0.3) is 0 Å². The van der Waals surface area contributed by atoms with Crippen LogP contribution < -0.4 is 0 Å². The topological polar surface area (TPSA) is 0 Å². The van der Waals surface area contributed by atoms with E-state index in [1.165, 1.54) is 23.1 Å². The van der Waals surface area contributed by atoms with Crippen LogP contribution in [0.3, 0.4) is 0 Å². The van der Waals surface area contributed by atoms with Gasteiger partial charge in [0.05, 0.1) is 0 Å². The highest BCUT2D eigenvalue weighted by Gasteiger charge is 1.97. The maximum Gasteiger partial charge on any atom is -0.0149 e. The van der Waals surface area contributed by atoms with E-state index in [4.69, 9.17) is 0 Å². The first-order valence-corrected chi connectivity index (χ1v) is 5.86. The molecule has 0 atom stereocenters. The van der Waals surface area contributed by atoms with E-state index >= 15 is 0 Å². The summed E-state index contributed by atoms with van der Waals surface area (Å²) in [5.74, 6) is 0. The van der Waals surface area contributed by atoms with E-state index in [2.05, 4.69) is 55.5 Å². The van der Waals surface area contributed by atoms with Gasteiger partial charge in [0.2, 0.25) is 0 Å². The molecule has 0 aromatic heterocycles. The summed E-state index contributed by atoms with van der Waals surface area (Å²) in [6.07, 6.45) is 3.52. The summed E-state index contributed by atoms with van der Waals surface area (Å²) in [5, 5.41) is 0. The first-order valence-electron chi connectivity index (χ1n) is 5.86. The predicted octanol–water partition coefficient (Wildman–Crippen LogP) is 3.97. The van der Waals surface area contributed by atoms with Crippen LogP contribution in [-0.4, -0.2) is 0 Å². The maximum atomic E-state index is 3.25. The van der Waals surface area contributed by atoms with Crippen LogP contribution in [0.15, 0.2) is 48.5 Å². The van der Waals surface area contributed by atoms with Crippen LogP contribution >= 0.6 is 0 Å². The highest BCUT2D eigenvalue weighted by Crippen LogP contribution is 2.11. The average molecular weight is 209 g/mol. The van der Waals surface area contributed by atoms with Crippen LogP contribution in [0.25, 0.3) is 0 Å². The highest BCUT2D eigenvalue weighted by molar-refractivity contribution is 5.24. The number of hydrogen-bond donors (Lipinski definition) is 0. The zero-order valence-corrected chi connectivity index (χ0v) is 9.74. The minimum Gasteiger partial charge on any atom is -0.0622 e. The zero-order valence-electron chi connectivity index (χ0n) is 9.74. The largest absolute Gasteiger partial charge is 0.0622 e. The van der Waals surface area contributed by atoms with Crippen molar-refractivity contribution in [2.75, 3.05) is 0 Å². The molecule has 2 aromatic rings. The first kappa shape index (κ1) is 10.9. The molecule has 0 saturated heterocycles. The van der Waals surface area contributed by atoms with Gasteiger partial charge < -0.3 is 0 Å². The molecule has 0 N–H and O–H groups in total. The van der Waals surface area contributed by atoms with Gasteiger partial charge in [0.15, 0.2) is 0 Å². The Hall–Kier alpha value is -1.56. The van der Waals surface area contributed by atoms with Gasteiger partial charge in [-0.15, -0.1) is 0 Å². The van der Waals surface area contributed by atoms with Crippen LogP contribution in [0.4, 0.5) is 0 Å². The van der Waals surface area contributed by atoms with Crippen molar-refractivity contribution in [1.82, 2.24) is 0 Å². The van der Waals surface area contributed by atoms with Gasteiger partial charge in [-0.25, -0.2) is 0 Å². The van der Waals surface area contributed by atoms with Crippen LogP contribution in [0.2, 0.25) is 0 Å². The van der Waals surface area contributed by atoms with Gasteiger partial charge >= 0.3 is 0 Å². The van der Waals surface area contributed by atoms with Crippen molar-refractivity contribution < 1.29 is 0 Å². The molecule has 0 spiro atoms. The van der Waals surface area contributed by atoms with Crippen molar-refractivity contribution in [2.24, 2.45) is 0 Å². The van der Waals surface area contributed by atoms with Gasteiger partial charge in [-0.2, -0.15) is 0 Å². The van der Waals surface area contributed by atoms with E-state index < -0.39 is 0 Å². The SMILES string of the molecule is Cc1[c]cccc1CCCc1ccccc1. The normalized spacial score (nSPS) is 10.3. The van der Waals surface area contributed by atoms with Crippen molar-refractivity contribution in [3.8, 4) is 0 Å². The molecule has 0 aliphatic carbocycles. The molecule has 0 heteroatoms. The zero-order chi connectivity index (χ0) is 11.2. The Bertz CT molecular complexity index is 429. The van der Waals surface area contributed by atoms with E-state index in [-0.39, 0.29) is 0 Å². The Morgan fingerprint density at radius 2 is 1.75 bits per heavy atom. The lowest BCUT2D eigenvalue weighted by molar-refractivity contribution is 0.816. The van der Waals surface area contributed by atoms with E-state index in [1.54, 1.807) is 0 Å². The van der Waals surface area contributed by atoms with E-state index in [0.717, 1.165) is 12.8 Å². The van der Waals surface area contributed by atoms with Crippen LogP contribution in [-0.2, 0) is 12.8 Å². The third-order valence-corrected chi connectivity index (χ3v) is 2.93. The molecule has 2 rings (SSSR count). The second kappa shape index (κ2) is 5.50. The lowest BCUT2D eigenvalue weighted by Crippen LogP contribution is -1.92. The van der Waals surface area contributed by atoms with Crippen molar-refractivity contribution in [2.45, 2.75) is 26.2 Å². The molecule has 1 radical (unpaired) electrons. The van der Waals surface area contributed by atoms with E-state index in [0.29, 0.717) is 0 Å². The molecule has 2 aromatic carbocycles. The fourth-order valence-electron chi connectivity index (χ4n) is 1.95. The Balaban J connectivity index is 1.87. The average Bonchev–Trinajstić information content (AvgIpc) is 2.33. The van der Waals surface area contributed by atoms with Crippen LogP contribution in [0, 0.1) is 13.0 Å². The van der Waals surface area contributed by atoms with E-state index in [1.807, 2.05) is 6.07 Å². The molecule has 0 amide bonds. The van der Waals surface area contributed by atoms with Crippen molar-refractivity contribution in [3.63, 3.8) is 0 Å². The van der Waals surface area contributed by atoms with Gasteiger partial charge in [0, 0.05) is 0 Å². The predicted molar refractivity (Wildman–Crippen MR) is 68.5 cm³/mol. The summed E-state index contributed by atoms with van der Waals surface area (Å²) in [7, 11) is 0. The molecule has 16 heavy (non-hydrogen) atoms. The van der Waals surface area contributed by atoms with Gasteiger partial charge in [-0.1, -0.05) is 48.5 Å². The second-order valence-electron chi connectivity index (χ2n) is 4.16. The van der Waals surface area contributed by atoms with Gasteiger partial charge in [0.1, 0.15) is 0 Å². The summed E-state index contributed by atoms with van der Waals surface area (Å²) in [5.41, 5.74) is 4.15. The minimum absolute atomic E-state index is 1.15. The fraction of sp³-hybridized carbons (Fsp3) is 0.250. The first-order chi connectivity index (χ1) is 7.86. The summed E-state index contributed by atoms with van der Waals surface area (Å²) < 4.78 is 0. The van der Waals surface area contributed by atoms with Crippen LogP contribution in [0.5, 0.6) is 0 Å². The molecule has 0 saturated carbocycles. The molecule has 0 fully saturated rings.